The van der Waals surface area contributed by atoms with Gasteiger partial charge in [0.15, 0.2) is 5.79 Å². The van der Waals surface area contributed by atoms with Crippen LogP contribution in [0.25, 0.3) is 0 Å². The van der Waals surface area contributed by atoms with Crippen molar-refractivity contribution < 1.29 is 19.0 Å². The average molecular weight is 441 g/mol. The molecule has 174 valence electrons. The van der Waals surface area contributed by atoms with Crippen molar-refractivity contribution in [1.29, 1.82) is 0 Å². The van der Waals surface area contributed by atoms with Crippen molar-refractivity contribution >= 4 is 5.78 Å². The Morgan fingerprint density at radius 3 is 2.56 bits per heavy atom. The standard InChI is InChI=1S/C28H37FO3/c1-18(30)23-10-11-24-22-9-6-20-16-28(31,32-17-19-4-7-21(29)8-5-19)15-14-26(20,2)25(22)12-13-27(23,24)3/h4-8,22-25,31H,9-17H2,1-3H3/t22?,23-,24?,25?,26+,27-,28+/m1/s1. The van der Waals surface area contributed by atoms with E-state index in [1.807, 2.05) is 0 Å². The van der Waals surface area contributed by atoms with Crippen molar-refractivity contribution in [3.63, 3.8) is 0 Å². The van der Waals surface area contributed by atoms with Crippen LogP contribution in [0, 0.1) is 40.3 Å². The molecule has 0 saturated heterocycles. The Bertz CT molecular complexity index is 923. The maximum Gasteiger partial charge on any atom is 0.169 e. The number of carbonyl (C=O) groups excluding carboxylic acids is 1. The number of fused-ring (bicyclic) bond motifs is 5. The normalized spacial score (nSPS) is 43.1. The van der Waals surface area contributed by atoms with Gasteiger partial charge in [0.1, 0.15) is 11.6 Å². The van der Waals surface area contributed by atoms with E-state index in [1.165, 1.54) is 30.5 Å². The van der Waals surface area contributed by atoms with Crippen LogP contribution in [0.4, 0.5) is 4.39 Å². The van der Waals surface area contributed by atoms with Crippen molar-refractivity contribution in [1.82, 2.24) is 0 Å². The molecule has 7 atom stereocenters. The fraction of sp³-hybridized carbons (Fsp3) is 0.679. The van der Waals surface area contributed by atoms with Gasteiger partial charge in [-0.05, 0) is 91.7 Å². The minimum atomic E-state index is -1.15. The van der Waals surface area contributed by atoms with Crippen molar-refractivity contribution in [2.24, 2.45) is 34.5 Å². The van der Waals surface area contributed by atoms with Gasteiger partial charge in [-0.3, -0.25) is 4.79 Å². The summed E-state index contributed by atoms with van der Waals surface area (Å²) in [6.07, 6.45) is 10.2. The quantitative estimate of drug-likeness (QED) is 0.448. The van der Waals surface area contributed by atoms with Gasteiger partial charge in [0.25, 0.3) is 0 Å². The zero-order valence-electron chi connectivity index (χ0n) is 19.7. The third-order valence-electron chi connectivity index (χ3n) is 10.0. The summed E-state index contributed by atoms with van der Waals surface area (Å²) in [5.41, 5.74) is 2.52. The Balaban J connectivity index is 1.32. The first kappa shape index (κ1) is 22.3. The van der Waals surface area contributed by atoms with Crippen LogP contribution in [0.15, 0.2) is 35.9 Å². The van der Waals surface area contributed by atoms with Gasteiger partial charge >= 0.3 is 0 Å². The molecule has 1 N–H and O–H groups in total. The minimum Gasteiger partial charge on any atom is -0.365 e. The summed E-state index contributed by atoms with van der Waals surface area (Å²) in [4.78, 5) is 12.3. The van der Waals surface area contributed by atoms with Crippen LogP contribution >= 0.6 is 0 Å². The van der Waals surface area contributed by atoms with E-state index >= 15 is 0 Å². The number of benzene rings is 1. The summed E-state index contributed by atoms with van der Waals surface area (Å²) in [6.45, 7) is 6.88. The molecular formula is C28H37FO3. The van der Waals surface area contributed by atoms with E-state index in [0.717, 1.165) is 31.2 Å². The van der Waals surface area contributed by atoms with Crippen molar-refractivity contribution in [3.05, 3.63) is 47.3 Å². The van der Waals surface area contributed by atoms with E-state index in [0.29, 0.717) is 43.0 Å². The topological polar surface area (TPSA) is 46.5 Å². The van der Waals surface area contributed by atoms with E-state index in [1.54, 1.807) is 19.1 Å². The molecule has 1 aromatic rings. The molecule has 0 radical (unpaired) electrons. The Morgan fingerprint density at radius 1 is 1.09 bits per heavy atom. The number of carbonyl (C=O) groups is 1. The van der Waals surface area contributed by atoms with Gasteiger partial charge in [0.05, 0.1) is 6.61 Å². The maximum atomic E-state index is 13.2. The minimum absolute atomic E-state index is 0.115. The smallest absolute Gasteiger partial charge is 0.169 e. The Hall–Kier alpha value is -1.52. The number of allylic oxidation sites excluding steroid dienone is 1. The highest BCUT2D eigenvalue weighted by Crippen LogP contribution is 2.66. The second kappa shape index (κ2) is 7.77. The summed E-state index contributed by atoms with van der Waals surface area (Å²) in [7, 11) is 0. The predicted molar refractivity (Wildman–Crippen MR) is 122 cm³/mol. The van der Waals surface area contributed by atoms with Crippen LogP contribution in [-0.4, -0.2) is 16.7 Å². The third-order valence-corrected chi connectivity index (χ3v) is 10.0. The molecule has 1 aromatic carbocycles. The second-order valence-corrected chi connectivity index (χ2v) is 11.6. The van der Waals surface area contributed by atoms with E-state index in [9.17, 15) is 14.3 Å². The average Bonchev–Trinajstić information content (AvgIpc) is 3.12. The number of Topliss-reactive ketones (excluding diaryl/α,β-unsaturated/α-hetero) is 1. The molecular weight excluding hydrogens is 403 g/mol. The number of aliphatic hydroxyl groups is 1. The Labute approximate surface area is 191 Å². The summed E-state index contributed by atoms with van der Waals surface area (Å²) < 4.78 is 19.2. The molecule has 4 aliphatic rings. The van der Waals surface area contributed by atoms with Crippen LogP contribution in [-0.2, 0) is 16.1 Å². The first-order valence-corrected chi connectivity index (χ1v) is 12.5. The van der Waals surface area contributed by atoms with Crippen LogP contribution in [0.3, 0.4) is 0 Å². The number of ketones is 1. The molecule has 3 fully saturated rings. The Morgan fingerprint density at radius 2 is 1.84 bits per heavy atom. The molecule has 0 spiro atoms. The van der Waals surface area contributed by atoms with Gasteiger partial charge < -0.3 is 9.84 Å². The highest BCUT2D eigenvalue weighted by molar-refractivity contribution is 5.79. The lowest BCUT2D eigenvalue weighted by molar-refractivity contribution is -0.231. The van der Waals surface area contributed by atoms with Crippen molar-refractivity contribution in [3.8, 4) is 0 Å². The number of halogens is 1. The van der Waals surface area contributed by atoms with Crippen LogP contribution in [0.5, 0.6) is 0 Å². The highest BCUT2D eigenvalue weighted by atomic mass is 19.1. The van der Waals surface area contributed by atoms with E-state index in [2.05, 4.69) is 19.9 Å². The summed E-state index contributed by atoms with van der Waals surface area (Å²) >= 11 is 0. The molecule has 0 aromatic heterocycles. The lowest BCUT2D eigenvalue weighted by Gasteiger charge is -2.58. The van der Waals surface area contributed by atoms with Gasteiger partial charge in [0, 0.05) is 18.8 Å². The number of hydrogen-bond donors (Lipinski definition) is 1. The molecule has 0 aliphatic heterocycles. The van der Waals surface area contributed by atoms with Crippen molar-refractivity contribution in [2.75, 3.05) is 0 Å². The maximum absolute atomic E-state index is 13.2. The second-order valence-electron chi connectivity index (χ2n) is 11.6. The van der Waals surface area contributed by atoms with E-state index < -0.39 is 5.79 Å². The molecule has 5 rings (SSSR count). The van der Waals surface area contributed by atoms with Gasteiger partial charge in [-0.25, -0.2) is 4.39 Å². The zero-order valence-corrected chi connectivity index (χ0v) is 19.7. The highest BCUT2D eigenvalue weighted by Gasteiger charge is 2.60. The summed E-state index contributed by atoms with van der Waals surface area (Å²) in [5.74, 6) is 1.13. The fourth-order valence-corrected chi connectivity index (χ4v) is 8.21. The summed E-state index contributed by atoms with van der Waals surface area (Å²) in [5, 5.41) is 11.2. The van der Waals surface area contributed by atoms with Crippen LogP contribution in [0.1, 0.15) is 77.7 Å². The lowest BCUT2D eigenvalue weighted by Crippen LogP contribution is -2.52. The zero-order chi connectivity index (χ0) is 22.7. The Kier molecular flexibility index (Phi) is 5.41. The largest absolute Gasteiger partial charge is 0.365 e. The first-order valence-electron chi connectivity index (χ1n) is 12.5. The predicted octanol–water partition coefficient (Wildman–Crippen LogP) is 6.20. The van der Waals surface area contributed by atoms with Gasteiger partial charge in [-0.2, -0.15) is 0 Å². The van der Waals surface area contributed by atoms with Gasteiger partial charge in [-0.1, -0.05) is 37.6 Å². The third kappa shape index (κ3) is 3.49. The molecule has 0 heterocycles. The molecule has 3 unspecified atom stereocenters. The van der Waals surface area contributed by atoms with E-state index in [-0.39, 0.29) is 22.6 Å². The molecule has 3 nitrogen and oxygen atoms in total. The van der Waals surface area contributed by atoms with Gasteiger partial charge in [-0.15, -0.1) is 0 Å². The molecule has 4 heteroatoms. The molecule has 0 bridgehead atoms. The fourth-order valence-electron chi connectivity index (χ4n) is 8.21. The SMILES string of the molecule is CC(=O)[C@H]1CCC2C3CC=C4C[C@@](O)(OCc5ccc(F)cc5)CC[C@]4(C)C3CC[C@@]21C. The van der Waals surface area contributed by atoms with Crippen LogP contribution < -0.4 is 0 Å². The summed E-state index contributed by atoms with van der Waals surface area (Å²) in [6, 6.07) is 6.29. The molecule has 32 heavy (non-hydrogen) atoms. The number of rotatable bonds is 4. The first-order chi connectivity index (χ1) is 15.1. The molecule has 4 aliphatic carbocycles. The lowest BCUT2D eigenvalue weighted by atomic mass is 9.47. The van der Waals surface area contributed by atoms with Gasteiger partial charge in [0.2, 0.25) is 0 Å². The van der Waals surface area contributed by atoms with Crippen LogP contribution in [0.2, 0.25) is 0 Å². The number of ether oxygens (including phenoxy) is 1. The monoisotopic (exact) mass is 440 g/mol. The molecule has 0 amide bonds. The number of hydrogen-bond acceptors (Lipinski definition) is 3. The molecule has 3 saturated carbocycles. The van der Waals surface area contributed by atoms with E-state index in [4.69, 9.17) is 4.74 Å². The van der Waals surface area contributed by atoms with Crippen molar-refractivity contribution in [2.45, 2.75) is 84.5 Å².